The minimum atomic E-state index is -0.435. The first-order valence-electron chi connectivity index (χ1n) is 7.79. The van der Waals surface area contributed by atoms with Crippen LogP contribution in [0.2, 0.25) is 0 Å². The van der Waals surface area contributed by atoms with Crippen molar-refractivity contribution in [1.29, 1.82) is 0 Å². The lowest BCUT2D eigenvalue weighted by atomic mass is 9.92. The van der Waals surface area contributed by atoms with Crippen molar-refractivity contribution in [3.63, 3.8) is 0 Å². The zero-order chi connectivity index (χ0) is 17.1. The Morgan fingerprint density at radius 1 is 1.12 bits per heavy atom. The molecule has 0 aliphatic carbocycles. The van der Waals surface area contributed by atoms with Crippen molar-refractivity contribution in [2.75, 3.05) is 13.0 Å². The molecule has 0 spiro atoms. The highest BCUT2D eigenvalue weighted by Gasteiger charge is 2.22. The molecule has 2 aromatic carbocycles. The molecule has 0 aliphatic rings. The normalized spacial score (nSPS) is 10.8. The maximum Gasteiger partial charge on any atom is 0.357 e. The van der Waals surface area contributed by atoms with Crippen LogP contribution in [0.15, 0.2) is 48.5 Å². The number of carbonyl (C=O) groups is 1. The predicted octanol–water partition coefficient (Wildman–Crippen LogP) is 4.78. The van der Waals surface area contributed by atoms with E-state index < -0.39 is 5.97 Å². The smallest absolute Gasteiger partial charge is 0.357 e. The molecular formula is C20H18ClNO2. The van der Waals surface area contributed by atoms with E-state index in [-0.39, 0.29) is 0 Å². The number of esters is 1. The van der Waals surface area contributed by atoms with E-state index in [1.54, 1.807) is 0 Å². The number of hydrogen-bond acceptors (Lipinski definition) is 3. The van der Waals surface area contributed by atoms with Crippen LogP contribution in [0.3, 0.4) is 0 Å². The number of halogens is 1. The van der Waals surface area contributed by atoms with Crippen molar-refractivity contribution in [1.82, 2.24) is 4.98 Å². The van der Waals surface area contributed by atoms with Gasteiger partial charge in [-0.1, -0.05) is 48.5 Å². The molecular weight excluding hydrogens is 322 g/mol. The van der Waals surface area contributed by atoms with Gasteiger partial charge in [0.1, 0.15) is 0 Å². The molecule has 1 aromatic heterocycles. The number of ether oxygens (including phenoxy) is 1. The third-order valence-electron chi connectivity index (χ3n) is 4.11. The Bertz CT molecular complexity index is 891. The van der Waals surface area contributed by atoms with Crippen LogP contribution in [0, 0.1) is 6.92 Å². The molecule has 0 fully saturated rings. The highest BCUT2D eigenvalue weighted by Crippen LogP contribution is 2.34. The third kappa shape index (κ3) is 2.87. The van der Waals surface area contributed by atoms with Crippen LogP contribution in [0.25, 0.3) is 22.0 Å². The summed E-state index contributed by atoms with van der Waals surface area (Å²) in [7, 11) is 1.38. The SMILES string of the molecule is COC(=O)c1nc2c(C)cccc2c(CCCl)c1-c1ccccc1. The van der Waals surface area contributed by atoms with Crippen LogP contribution in [-0.2, 0) is 11.2 Å². The van der Waals surface area contributed by atoms with Crippen LogP contribution in [-0.4, -0.2) is 23.9 Å². The molecule has 24 heavy (non-hydrogen) atoms. The summed E-state index contributed by atoms with van der Waals surface area (Å²) < 4.78 is 4.99. The third-order valence-corrected chi connectivity index (χ3v) is 4.30. The fraction of sp³-hybridized carbons (Fsp3) is 0.200. The van der Waals surface area contributed by atoms with E-state index in [0.29, 0.717) is 18.0 Å². The van der Waals surface area contributed by atoms with E-state index >= 15 is 0 Å². The van der Waals surface area contributed by atoms with Gasteiger partial charge in [-0.25, -0.2) is 9.78 Å². The predicted molar refractivity (Wildman–Crippen MR) is 97.7 cm³/mol. The molecule has 0 atom stereocenters. The van der Waals surface area contributed by atoms with Crippen molar-refractivity contribution in [3.05, 3.63) is 65.4 Å². The van der Waals surface area contributed by atoms with E-state index in [1.807, 2.05) is 55.5 Å². The van der Waals surface area contributed by atoms with Gasteiger partial charge < -0.3 is 4.74 Å². The minimum Gasteiger partial charge on any atom is -0.464 e. The zero-order valence-electron chi connectivity index (χ0n) is 13.7. The van der Waals surface area contributed by atoms with Crippen LogP contribution >= 0.6 is 11.6 Å². The van der Waals surface area contributed by atoms with E-state index in [4.69, 9.17) is 16.3 Å². The van der Waals surface area contributed by atoms with E-state index in [9.17, 15) is 4.79 Å². The van der Waals surface area contributed by atoms with Crippen LogP contribution in [0.1, 0.15) is 21.6 Å². The molecule has 0 amide bonds. The molecule has 0 saturated carbocycles. The molecule has 0 N–H and O–H groups in total. The van der Waals surface area contributed by atoms with Gasteiger partial charge in [-0.3, -0.25) is 0 Å². The number of hydrogen-bond donors (Lipinski definition) is 0. The quantitative estimate of drug-likeness (QED) is 0.507. The number of benzene rings is 2. The van der Waals surface area contributed by atoms with Crippen LogP contribution in [0.5, 0.6) is 0 Å². The van der Waals surface area contributed by atoms with Crippen LogP contribution < -0.4 is 0 Å². The molecule has 4 heteroatoms. The number of alkyl halides is 1. The molecule has 0 saturated heterocycles. The summed E-state index contributed by atoms with van der Waals surface area (Å²) in [6.45, 7) is 1.99. The Morgan fingerprint density at radius 3 is 2.54 bits per heavy atom. The summed E-state index contributed by atoms with van der Waals surface area (Å²) in [4.78, 5) is 17.0. The lowest BCUT2D eigenvalue weighted by molar-refractivity contribution is 0.0595. The van der Waals surface area contributed by atoms with E-state index in [1.165, 1.54) is 7.11 Å². The van der Waals surface area contributed by atoms with Crippen LogP contribution in [0.4, 0.5) is 0 Å². The number of fused-ring (bicyclic) bond motifs is 1. The molecule has 0 radical (unpaired) electrons. The average molecular weight is 340 g/mol. The first-order chi connectivity index (χ1) is 11.7. The van der Waals surface area contributed by atoms with Gasteiger partial charge >= 0.3 is 5.97 Å². The van der Waals surface area contributed by atoms with Crippen molar-refractivity contribution >= 4 is 28.5 Å². The van der Waals surface area contributed by atoms with Crippen molar-refractivity contribution in [3.8, 4) is 11.1 Å². The number of para-hydroxylation sites is 1. The Labute approximate surface area is 146 Å². The van der Waals surface area contributed by atoms with Gasteiger partial charge in [0, 0.05) is 16.8 Å². The fourth-order valence-corrected chi connectivity index (χ4v) is 3.20. The topological polar surface area (TPSA) is 39.2 Å². The molecule has 3 nitrogen and oxygen atoms in total. The average Bonchev–Trinajstić information content (AvgIpc) is 2.62. The molecule has 122 valence electrons. The fourth-order valence-electron chi connectivity index (χ4n) is 3.01. The Kier molecular flexibility index (Phi) is 4.81. The maximum absolute atomic E-state index is 12.4. The number of pyridine rings is 1. The largest absolute Gasteiger partial charge is 0.464 e. The zero-order valence-corrected chi connectivity index (χ0v) is 14.4. The number of nitrogens with zero attached hydrogens (tertiary/aromatic N) is 1. The molecule has 0 aliphatic heterocycles. The Balaban J connectivity index is 2.45. The van der Waals surface area contributed by atoms with Gasteiger partial charge in [-0.2, -0.15) is 0 Å². The first kappa shape index (κ1) is 16.5. The standard InChI is InChI=1S/C20H18ClNO2/c1-13-7-6-10-16-15(11-12-21)17(14-8-4-3-5-9-14)19(20(23)24-2)22-18(13)16/h3-10H,11-12H2,1-2H3. The van der Waals surface area contributed by atoms with Gasteiger partial charge in [-0.05, 0) is 30.0 Å². The summed E-state index contributed by atoms with van der Waals surface area (Å²) in [5.74, 6) is 0.0304. The van der Waals surface area contributed by atoms with Gasteiger partial charge in [0.15, 0.2) is 5.69 Å². The summed E-state index contributed by atoms with van der Waals surface area (Å²) in [6.07, 6.45) is 0.651. The van der Waals surface area contributed by atoms with E-state index in [2.05, 4.69) is 4.98 Å². The van der Waals surface area contributed by atoms with Crippen molar-refractivity contribution in [2.45, 2.75) is 13.3 Å². The second kappa shape index (κ2) is 7.02. The van der Waals surface area contributed by atoms with E-state index in [0.717, 1.165) is 33.2 Å². The second-order valence-electron chi connectivity index (χ2n) is 5.58. The number of methoxy groups -OCH3 is 1. The Morgan fingerprint density at radius 2 is 1.88 bits per heavy atom. The van der Waals surface area contributed by atoms with Gasteiger partial charge in [0.05, 0.1) is 12.6 Å². The summed E-state index contributed by atoms with van der Waals surface area (Å²) in [6, 6.07) is 15.8. The molecule has 3 rings (SSSR count). The minimum absolute atomic E-state index is 0.339. The molecule has 3 aromatic rings. The number of carbonyl (C=O) groups excluding carboxylic acids is 1. The van der Waals surface area contributed by atoms with Gasteiger partial charge in [-0.15, -0.1) is 11.6 Å². The van der Waals surface area contributed by atoms with Gasteiger partial charge in [0.25, 0.3) is 0 Å². The Hall–Kier alpha value is -2.39. The first-order valence-corrected chi connectivity index (χ1v) is 8.32. The lowest BCUT2D eigenvalue weighted by Gasteiger charge is -2.17. The second-order valence-corrected chi connectivity index (χ2v) is 5.96. The lowest BCUT2D eigenvalue weighted by Crippen LogP contribution is -2.10. The maximum atomic E-state index is 12.4. The molecule has 0 unspecified atom stereocenters. The summed E-state index contributed by atoms with van der Waals surface area (Å²) in [5.41, 5.74) is 4.96. The number of aromatic nitrogens is 1. The van der Waals surface area contributed by atoms with Gasteiger partial charge in [0.2, 0.25) is 0 Å². The van der Waals surface area contributed by atoms with Crippen molar-refractivity contribution < 1.29 is 9.53 Å². The highest BCUT2D eigenvalue weighted by atomic mass is 35.5. The summed E-state index contributed by atoms with van der Waals surface area (Å²) >= 11 is 6.06. The number of aryl methyl sites for hydroxylation is 2. The molecule has 0 bridgehead atoms. The monoisotopic (exact) mass is 339 g/mol. The van der Waals surface area contributed by atoms with Crippen molar-refractivity contribution in [2.24, 2.45) is 0 Å². The summed E-state index contributed by atoms with van der Waals surface area (Å²) in [5, 5.41) is 1.03. The number of rotatable bonds is 4. The molecule has 1 heterocycles. The highest BCUT2D eigenvalue weighted by molar-refractivity contribution is 6.18.